The molecule has 7 heteroatoms. The van der Waals surface area contributed by atoms with Gasteiger partial charge in [-0.1, -0.05) is 17.7 Å². The van der Waals surface area contributed by atoms with Crippen molar-refractivity contribution in [3.63, 3.8) is 0 Å². The standard InChI is InChI=1S/C23H22ClNO4S/c1-27-20-4-3-14(7-21(20)28-2)8-22(26)25-12-18-10-17-9-16(15-5-6-30-13-15)11-19(24)23(17)29-18/h3-7,9,11,13,18H,8,10,12H2,1-2H3,(H,25,26). The zero-order valence-electron chi connectivity index (χ0n) is 16.7. The summed E-state index contributed by atoms with van der Waals surface area (Å²) in [6, 6.07) is 11.6. The van der Waals surface area contributed by atoms with Crippen molar-refractivity contribution in [1.29, 1.82) is 0 Å². The van der Waals surface area contributed by atoms with E-state index in [9.17, 15) is 4.79 Å². The molecule has 0 fully saturated rings. The molecule has 0 spiro atoms. The molecule has 0 saturated heterocycles. The van der Waals surface area contributed by atoms with Gasteiger partial charge in [0.25, 0.3) is 0 Å². The first-order chi connectivity index (χ1) is 14.6. The van der Waals surface area contributed by atoms with E-state index in [1.807, 2.05) is 23.6 Å². The van der Waals surface area contributed by atoms with E-state index in [2.05, 4.69) is 22.8 Å². The molecule has 0 aliphatic carbocycles. The van der Waals surface area contributed by atoms with E-state index in [0.717, 1.165) is 28.0 Å². The quantitative estimate of drug-likeness (QED) is 0.572. The molecular formula is C23H22ClNO4S. The molecule has 0 saturated carbocycles. The number of benzene rings is 2. The van der Waals surface area contributed by atoms with Crippen LogP contribution in [-0.4, -0.2) is 32.8 Å². The van der Waals surface area contributed by atoms with E-state index < -0.39 is 0 Å². The van der Waals surface area contributed by atoms with Crippen LogP contribution in [0.15, 0.2) is 47.2 Å². The van der Waals surface area contributed by atoms with Crippen LogP contribution in [0.4, 0.5) is 0 Å². The summed E-state index contributed by atoms with van der Waals surface area (Å²) < 4.78 is 16.5. The number of amides is 1. The van der Waals surface area contributed by atoms with Gasteiger partial charge in [0.05, 0.1) is 32.2 Å². The van der Waals surface area contributed by atoms with Gasteiger partial charge in [-0.05, 0) is 57.8 Å². The van der Waals surface area contributed by atoms with Crippen LogP contribution in [0.2, 0.25) is 5.02 Å². The third-order valence-corrected chi connectivity index (χ3v) is 6.01. The van der Waals surface area contributed by atoms with Gasteiger partial charge in [-0.2, -0.15) is 11.3 Å². The van der Waals surface area contributed by atoms with E-state index in [-0.39, 0.29) is 18.4 Å². The SMILES string of the molecule is COc1ccc(CC(=O)NCC2Cc3cc(-c4ccsc4)cc(Cl)c3O2)cc1OC. The van der Waals surface area contributed by atoms with Crippen molar-refractivity contribution in [3.8, 4) is 28.4 Å². The van der Waals surface area contributed by atoms with Crippen LogP contribution in [0.3, 0.4) is 0 Å². The molecule has 0 bridgehead atoms. The summed E-state index contributed by atoms with van der Waals surface area (Å²) in [5, 5.41) is 7.71. The van der Waals surface area contributed by atoms with Gasteiger partial charge in [0.1, 0.15) is 11.9 Å². The highest BCUT2D eigenvalue weighted by molar-refractivity contribution is 7.08. The molecule has 1 amide bonds. The minimum Gasteiger partial charge on any atom is -0.493 e. The van der Waals surface area contributed by atoms with Crippen LogP contribution in [0.1, 0.15) is 11.1 Å². The predicted octanol–water partition coefficient (Wildman–Crippen LogP) is 4.75. The third kappa shape index (κ3) is 4.40. The summed E-state index contributed by atoms with van der Waals surface area (Å²) in [7, 11) is 3.16. The highest BCUT2D eigenvalue weighted by Crippen LogP contribution is 2.40. The number of carbonyl (C=O) groups excluding carboxylic acids is 1. The summed E-state index contributed by atoms with van der Waals surface area (Å²) in [4.78, 5) is 12.4. The van der Waals surface area contributed by atoms with E-state index >= 15 is 0 Å². The van der Waals surface area contributed by atoms with Gasteiger partial charge in [0, 0.05) is 12.0 Å². The van der Waals surface area contributed by atoms with E-state index in [1.165, 1.54) is 0 Å². The molecule has 1 unspecified atom stereocenters. The molecule has 156 valence electrons. The Morgan fingerprint density at radius 3 is 2.73 bits per heavy atom. The average molecular weight is 444 g/mol. The van der Waals surface area contributed by atoms with E-state index in [0.29, 0.717) is 29.5 Å². The lowest BCUT2D eigenvalue weighted by atomic mass is 10.0. The third-order valence-electron chi connectivity index (χ3n) is 5.05. The predicted molar refractivity (Wildman–Crippen MR) is 119 cm³/mol. The summed E-state index contributed by atoms with van der Waals surface area (Å²) in [6.07, 6.45) is 0.830. The first-order valence-corrected chi connectivity index (χ1v) is 10.9. The maximum Gasteiger partial charge on any atom is 0.224 e. The first kappa shape index (κ1) is 20.6. The van der Waals surface area contributed by atoms with Crippen LogP contribution in [0, 0.1) is 0 Å². The molecule has 1 aromatic heterocycles. The summed E-state index contributed by atoms with van der Waals surface area (Å²) in [5.74, 6) is 1.88. The second-order valence-electron chi connectivity index (χ2n) is 7.07. The highest BCUT2D eigenvalue weighted by atomic mass is 35.5. The Morgan fingerprint density at radius 2 is 2.00 bits per heavy atom. The number of ether oxygens (including phenoxy) is 3. The van der Waals surface area contributed by atoms with Crippen LogP contribution < -0.4 is 19.5 Å². The van der Waals surface area contributed by atoms with Gasteiger partial charge < -0.3 is 19.5 Å². The molecule has 0 radical (unpaired) electrons. The van der Waals surface area contributed by atoms with Gasteiger partial charge in [-0.25, -0.2) is 0 Å². The van der Waals surface area contributed by atoms with Gasteiger partial charge >= 0.3 is 0 Å². The molecule has 1 aliphatic rings. The lowest BCUT2D eigenvalue weighted by molar-refractivity contribution is -0.120. The summed E-state index contributed by atoms with van der Waals surface area (Å²) >= 11 is 8.10. The van der Waals surface area contributed by atoms with Crippen LogP contribution in [0.5, 0.6) is 17.2 Å². The van der Waals surface area contributed by atoms with Crippen LogP contribution >= 0.6 is 22.9 Å². The molecule has 1 aliphatic heterocycles. The molecule has 5 nitrogen and oxygen atoms in total. The molecular weight excluding hydrogens is 422 g/mol. The Bertz CT molecular complexity index is 1050. The summed E-state index contributed by atoms with van der Waals surface area (Å²) in [5.41, 5.74) is 4.16. The molecule has 1 atom stereocenters. The van der Waals surface area contributed by atoms with Crippen molar-refractivity contribution < 1.29 is 19.0 Å². The normalized spacial score (nSPS) is 14.7. The second-order valence-corrected chi connectivity index (χ2v) is 8.26. The minimum atomic E-state index is -0.135. The molecule has 30 heavy (non-hydrogen) atoms. The van der Waals surface area contributed by atoms with Crippen molar-refractivity contribution in [1.82, 2.24) is 5.32 Å². The van der Waals surface area contributed by atoms with E-state index in [4.69, 9.17) is 25.8 Å². The second kappa shape index (κ2) is 8.98. The number of carbonyl (C=O) groups is 1. The maximum absolute atomic E-state index is 12.4. The topological polar surface area (TPSA) is 56.8 Å². The maximum atomic E-state index is 12.4. The smallest absolute Gasteiger partial charge is 0.224 e. The highest BCUT2D eigenvalue weighted by Gasteiger charge is 2.26. The molecule has 1 N–H and O–H groups in total. The van der Waals surface area contributed by atoms with Crippen molar-refractivity contribution in [2.45, 2.75) is 18.9 Å². The summed E-state index contributed by atoms with van der Waals surface area (Å²) in [6.45, 7) is 0.422. The largest absolute Gasteiger partial charge is 0.493 e. The molecule has 3 aromatic rings. The first-order valence-electron chi connectivity index (χ1n) is 9.56. The average Bonchev–Trinajstić information content (AvgIpc) is 3.42. The Morgan fingerprint density at radius 1 is 1.17 bits per heavy atom. The molecule has 4 rings (SSSR count). The van der Waals surface area contributed by atoms with Gasteiger partial charge in [0.2, 0.25) is 5.91 Å². The van der Waals surface area contributed by atoms with Gasteiger partial charge in [-0.3, -0.25) is 4.79 Å². The number of hydrogen-bond donors (Lipinski definition) is 1. The monoisotopic (exact) mass is 443 g/mol. The Balaban J connectivity index is 1.35. The van der Waals surface area contributed by atoms with Crippen molar-refractivity contribution in [2.75, 3.05) is 20.8 Å². The van der Waals surface area contributed by atoms with Gasteiger partial charge in [-0.15, -0.1) is 0 Å². The Labute approximate surface area is 184 Å². The van der Waals surface area contributed by atoms with E-state index in [1.54, 1.807) is 31.6 Å². The fraction of sp³-hybridized carbons (Fsp3) is 0.261. The number of halogens is 1. The van der Waals surface area contributed by atoms with Crippen molar-refractivity contribution in [3.05, 3.63) is 63.3 Å². The Hall–Kier alpha value is -2.70. The Kier molecular flexibility index (Phi) is 6.16. The number of nitrogens with one attached hydrogen (secondary N) is 1. The number of thiophene rings is 1. The number of fused-ring (bicyclic) bond motifs is 1. The number of hydrogen-bond acceptors (Lipinski definition) is 5. The van der Waals surface area contributed by atoms with Crippen molar-refractivity contribution >= 4 is 28.8 Å². The number of methoxy groups -OCH3 is 2. The van der Waals surface area contributed by atoms with Gasteiger partial charge in [0.15, 0.2) is 11.5 Å². The molecule has 2 aromatic carbocycles. The fourth-order valence-electron chi connectivity index (χ4n) is 3.56. The lowest BCUT2D eigenvalue weighted by Gasteiger charge is -2.13. The molecule has 2 heterocycles. The lowest BCUT2D eigenvalue weighted by Crippen LogP contribution is -2.35. The zero-order valence-corrected chi connectivity index (χ0v) is 18.3. The zero-order chi connectivity index (χ0) is 21.1. The van der Waals surface area contributed by atoms with Crippen molar-refractivity contribution in [2.24, 2.45) is 0 Å². The minimum absolute atomic E-state index is 0.0770. The van der Waals surface area contributed by atoms with Crippen LogP contribution in [-0.2, 0) is 17.6 Å². The fourth-order valence-corrected chi connectivity index (χ4v) is 4.51. The van der Waals surface area contributed by atoms with Crippen LogP contribution in [0.25, 0.3) is 11.1 Å². The number of rotatable bonds is 7.